The Balaban J connectivity index is 1.56. The van der Waals surface area contributed by atoms with Crippen LogP contribution in [0.2, 0.25) is 0 Å². The first-order chi connectivity index (χ1) is 13.0. The molecule has 0 fully saturated rings. The number of benzene rings is 1. The van der Waals surface area contributed by atoms with Crippen LogP contribution in [0, 0.1) is 0 Å². The van der Waals surface area contributed by atoms with Crippen LogP contribution in [0.25, 0.3) is 11.0 Å². The normalized spacial score (nSPS) is 12.5. The summed E-state index contributed by atoms with van der Waals surface area (Å²) in [6.07, 6.45) is -4.01. The van der Waals surface area contributed by atoms with E-state index in [-0.39, 0.29) is 0 Å². The minimum Gasteiger partial charge on any atom is -0.459 e. The predicted molar refractivity (Wildman–Crippen MR) is 99.9 cm³/mol. The second kappa shape index (κ2) is 8.43. The molecule has 3 rings (SSSR count). The summed E-state index contributed by atoms with van der Waals surface area (Å²) >= 11 is 1.01. The number of aliphatic imine (C=N–C) groups is 1. The van der Waals surface area contributed by atoms with E-state index in [4.69, 9.17) is 4.42 Å². The van der Waals surface area contributed by atoms with Crippen LogP contribution in [0.15, 0.2) is 45.1 Å². The van der Waals surface area contributed by atoms with E-state index in [2.05, 4.69) is 20.6 Å². The summed E-state index contributed by atoms with van der Waals surface area (Å²) in [5.41, 5.74) is -0.0298. The van der Waals surface area contributed by atoms with Gasteiger partial charge in [-0.25, -0.2) is 9.98 Å². The van der Waals surface area contributed by atoms with Gasteiger partial charge in [0.2, 0.25) is 0 Å². The standard InChI is InChI=1S/C18H19F3N4OS/c1-2-22-17(23-8-7-16-25-15(11-27-16)18(19,20)21)24-10-13-9-12-5-3-4-6-14(12)26-13/h3-6,9,11H,2,7-8,10H2,1H3,(H2,22,23,24). The number of thiazole rings is 1. The van der Waals surface area contributed by atoms with Crippen LogP contribution >= 0.6 is 11.3 Å². The summed E-state index contributed by atoms with van der Waals surface area (Å²) in [7, 11) is 0. The molecule has 1 aromatic carbocycles. The van der Waals surface area contributed by atoms with Crippen molar-refractivity contribution in [3.05, 3.63) is 52.2 Å². The summed E-state index contributed by atoms with van der Waals surface area (Å²) in [4.78, 5) is 8.08. The van der Waals surface area contributed by atoms with E-state index >= 15 is 0 Å². The molecule has 0 aliphatic rings. The first-order valence-electron chi connectivity index (χ1n) is 8.47. The van der Waals surface area contributed by atoms with Crippen molar-refractivity contribution in [1.29, 1.82) is 0 Å². The van der Waals surface area contributed by atoms with Gasteiger partial charge in [0.15, 0.2) is 11.7 Å². The van der Waals surface area contributed by atoms with E-state index in [0.29, 0.717) is 37.0 Å². The van der Waals surface area contributed by atoms with Crippen molar-refractivity contribution < 1.29 is 17.6 Å². The molecule has 27 heavy (non-hydrogen) atoms. The molecular formula is C18H19F3N4OS. The van der Waals surface area contributed by atoms with Gasteiger partial charge in [0.05, 0.1) is 5.01 Å². The summed E-state index contributed by atoms with van der Waals surface area (Å²) in [5, 5.41) is 8.70. The second-order valence-corrected chi connectivity index (χ2v) is 6.69. The van der Waals surface area contributed by atoms with Crippen LogP contribution in [0.4, 0.5) is 13.2 Å². The Bertz CT molecular complexity index is 884. The zero-order valence-electron chi connectivity index (χ0n) is 14.6. The van der Waals surface area contributed by atoms with Gasteiger partial charge >= 0.3 is 6.18 Å². The van der Waals surface area contributed by atoms with Crippen LogP contribution < -0.4 is 10.6 Å². The number of rotatable bonds is 6. The fourth-order valence-electron chi connectivity index (χ4n) is 2.46. The topological polar surface area (TPSA) is 62.5 Å². The monoisotopic (exact) mass is 396 g/mol. The maximum Gasteiger partial charge on any atom is 0.434 e. The van der Waals surface area contributed by atoms with Gasteiger partial charge in [0, 0.05) is 30.3 Å². The SMILES string of the molecule is CCNC(=NCc1cc2ccccc2o1)NCCc1nc(C(F)(F)F)cs1. The third-order valence-corrected chi connectivity index (χ3v) is 4.60. The fourth-order valence-corrected chi connectivity index (χ4v) is 3.26. The molecule has 2 aromatic heterocycles. The average molecular weight is 396 g/mol. The summed E-state index contributed by atoms with van der Waals surface area (Å²) in [5.74, 6) is 1.31. The Labute approximate surface area is 158 Å². The number of nitrogens with zero attached hydrogens (tertiary/aromatic N) is 2. The highest BCUT2D eigenvalue weighted by molar-refractivity contribution is 7.09. The third kappa shape index (κ3) is 5.22. The Morgan fingerprint density at radius 3 is 2.78 bits per heavy atom. The second-order valence-electron chi connectivity index (χ2n) is 5.75. The predicted octanol–water partition coefficient (Wildman–Crippen LogP) is 4.21. The largest absolute Gasteiger partial charge is 0.459 e. The van der Waals surface area contributed by atoms with Gasteiger partial charge < -0.3 is 15.1 Å². The van der Waals surface area contributed by atoms with Gasteiger partial charge in [-0.05, 0) is 19.1 Å². The quantitative estimate of drug-likeness (QED) is 0.484. The van der Waals surface area contributed by atoms with E-state index in [0.717, 1.165) is 33.4 Å². The molecule has 2 N–H and O–H groups in total. The van der Waals surface area contributed by atoms with Crippen LogP contribution in [0.3, 0.4) is 0 Å². The molecule has 9 heteroatoms. The first-order valence-corrected chi connectivity index (χ1v) is 9.35. The Hall–Kier alpha value is -2.55. The lowest BCUT2D eigenvalue weighted by Crippen LogP contribution is -2.38. The van der Waals surface area contributed by atoms with Gasteiger partial charge in [-0.2, -0.15) is 13.2 Å². The Morgan fingerprint density at radius 2 is 2.07 bits per heavy atom. The highest BCUT2D eigenvalue weighted by Crippen LogP contribution is 2.30. The molecule has 3 aromatic rings. The Kier molecular flexibility index (Phi) is 6.00. The smallest absolute Gasteiger partial charge is 0.434 e. The highest BCUT2D eigenvalue weighted by atomic mass is 32.1. The van der Waals surface area contributed by atoms with Crippen molar-refractivity contribution in [3.8, 4) is 0 Å². The minimum absolute atomic E-state index is 0.361. The van der Waals surface area contributed by atoms with E-state index in [1.54, 1.807) is 0 Å². The first kappa shape index (κ1) is 19.2. The molecule has 2 heterocycles. The third-order valence-electron chi connectivity index (χ3n) is 3.69. The number of fused-ring (bicyclic) bond motifs is 1. The number of halogens is 3. The lowest BCUT2D eigenvalue weighted by Gasteiger charge is -2.10. The number of hydrogen-bond donors (Lipinski definition) is 2. The molecule has 0 aliphatic carbocycles. The molecule has 0 saturated heterocycles. The fraction of sp³-hybridized carbons (Fsp3) is 0.333. The van der Waals surface area contributed by atoms with Gasteiger partial charge in [-0.15, -0.1) is 11.3 Å². The summed E-state index contributed by atoms with van der Waals surface area (Å²) in [6.45, 7) is 3.40. The minimum atomic E-state index is -4.40. The zero-order chi connectivity index (χ0) is 19.3. The van der Waals surface area contributed by atoms with Gasteiger partial charge in [-0.3, -0.25) is 0 Å². The van der Waals surface area contributed by atoms with E-state index in [9.17, 15) is 13.2 Å². The molecule has 0 aliphatic heterocycles. The number of para-hydroxylation sites is 1. The van der Waals surface area contributed by atoms with Crippen molar-refractivity contribution in [2.45, 2.75) is 26.1 Å². The number of guanidine groups is 1. The van der Waals surface area contributed by atoms with Crippen LogP contribution in [-0.4, -0.2) is 24.0 Å². The van der Waals surface area contributed by atoms with Crippen molar-refractivity contribution in [2.75, 3.05) is 13.1 Å². The van der Waals surface area contributed by atoms with Crippen LogP contribution in [0.5, 0.6) is 0 Å². The molecule has 0 bridgehead atoms. The molecule has 0 atom stereocenters. The molecule has 0 spiro atoms. The molecule has 0 unspecified atom stereocenters. The van der Waals surface area contributed by atoms with E-state index in [1.807, 2.05) is 37.3 Å². The highest BCUT2D eigenvalue weighted by Gasteiger charge is 2.33. The summed E-state index contributed by atoms with van der Waals surface area (Å²) < 4.78 is 43.5. The average Bonchev–Trinajstić information content (AvgIpc) is 3.26. The Morgan fingerprint density at radius 1 is 1.26 bits per heavy atom. The van der Waals surface area contributed by atoms with Crippen molar-refractivity contribution in [2.24, 2.45) is 4.99 Å². The van der Waals surface area contributed by atoms with Crippen molar-refractivity contribution in [1.82, 2.24) is 15.6 Å². The number of aromatic nitrogens is 1. The number of hydrogen-bond acceptors (Lipinski definition) is 4. The maximum atomic E-state index is 12.6. The number of furan rings is 1. The van der Waals surface area contributed by atoms with Crippen molar-refractivity contribution in [3.63, 3.8) is 0 Å². The van der Waals surface area contributed by atoms with Crippen LogP contribution in [0.1, 0.15) is 23.4 Å². The molecule has 144 valence electrons. The number of nitrogens with one attached hydrogen (secondary N) is 2. The van der Waals surface area contributed by atoms with E-state index < -0.39 is 11.9 Å². The van der Waals surface area contributed by atoms with E-state index in [1.165, 1.54) is 0 Å². The molecule has 0 saturated carbocycles. The number of alkyl halides is 3. The van der Waals surface area contributed by atoms with Gasteiger partial charge in [0.25, 0.3) is 0 Å². The molecule has 0 radical (unpaired) electrons. The maximum absolute atomic E-state index is 12.6. The lowest BCUT2D eigenvalue weighted by atomic mass is 10.2. The van der Waals surface area contributed by atoms with Gasteiger partial charge in [0.1, 0.15) is 17.9 Å². The zero-order valence-corrected chi connectivity index (χ0v) is 15.5. The molecular weight excluding hydrogens is 377 g/mol. The van der Waals surface area contributed by atoms with Crippen LogP contribution in [-0.2, 0) is 19.1 Å². The summed E-state index contributed by atoms with van der Waals surface area (Å²) in [6, 6.07) is 9.66. The molecule has 0 amide bonds. The molecule has 5 nitrogen and oxygen atoms in total. The van der Waals surface area contributed by atoms with Crippen molar-refractivity contribution >= 4 is 28.3 Å². The van der Waals surface area contributed by atoms with Gasteiger partial charge in [-0.1, -0.05) is 18.2 Å². The lowest BCUT2D eigenvalue weighted by molar-refractivity contribution is -0.140.